The predicted octanol–water partition coefficient (Wildman–Crippen LogP) is 5.34. The maximum Gasteiger partial charge on any atom is 0.490 e. The van der Waals surface area contributed by atoms with E-state index in [0.717, 1.165) is 35.1 Å². The summed E-state index contributed by atoms with van der Waals surface area (Å²) in [7, 11) is 0. The summed E-state index contributed by atoms with van der Waals surface area (Å²) in [6.45, 7) is 0. The Balaban J connectivity index is 0.000000384. The Bertz CT molecular complexity index is 1400. The molecule has 0 aliphatic heterocycles. The van der Waals surface area contributed by atoms with Crippen LogP contribution in [0.15, 0.2) is 67.0 Å². The van der Waals surface area contributed by atoms with Gasteiger partial charge in [0.15, 0.2) is 5.82 Å². The zero-order valence-electron chi connectivity index (χ0n) is 18.5. The number of alkyl halides is 3. The van der Waals surface area contributed by atoms with Crippen molar-refractivity contribution in [1.29, 1.82) is 0 Å². The minimum atomic E-state index is -5.08. The first kappa shape index (κ1) is 25.0. The number of halogens is 4. The summed E-state index contributed by atoms with van der Waals surface area (Å²) in [4.78, 5) is 25.5. The van der Waals surface area contributed by atoms with Gasteiger partial charge in [0.05, 0.1) is 28.0 Å². The summed E-state index contributed by atoms with van der Waals surface area (Å²) in [6, 6.07) is 17.5. The third-order valence-electron chi connectivity index (χ3n) is 5.10. The van der Waals surface area contributed by atoms with Crippen LogP contribution >= 0.6 is 11.6 Å². The second kappa shape index (κ2) is 10.2. The number of carbonyl (C=O) groups is 2. The molecular weight excluding hydrogens is 499 g/mol. The lowest BCUT2D eigenvalue weighted by Gasteiger charge is -2.09. The normalized spacial score (nSPS) is 13.0. The molecule has 1 aliphatic rings. The number of carboxylic acid groups (broad SMARTS) is 1. The average molecular weight is 518 g/mol. The highest BCUT2D eigenvalue weighted by Gasteiger charge is 2.38. The number of hydrogen-bond acceptors (Lipinski definition) is 5. The predicted molar refractivity (Wildman–Crippen MR) is 128 cm³/mol. The van der Waals surface area contributed by atoms with Crippen molar-refractivity contribution in [3.05, 3.63) is 77.6 Å². The number of fused-ring (bicyclic) bond motifs is 1. The molecular formula is C24H19ClF3N5O3. The lowest BCUT2D eigenvalue weighted by atomic mass is 10.2. The molecule has 3 N–H and O–H groups in total. The van der Waals surface area contributed by atoms with E-state index < -0.39 is 12.1 Å². The molecule has 1 fully saturated rings. The van der Waals surface area contributed by atoms with Crippen LogP contribution in [0.3, 0.4) is 0 Å². The Morgan fingerprint density at radius 2 is 1.78 bits per heavy atom. The molecule has 0 atom stereocenters. The topological polar surface area (TPSA) is 109 Å². The molecule has 36 heavy (non-hydrogen) atoms. The molecule has 0 unspecified atom stereocenters. The molecule has 0 bridgehead atoms. The molecule has 1 aliphatic carbocycles. The molecule has 0 saturated heterocycles. The van der Waals surface area contributed by atoms with Gasteiger partial charge in [-0.1, -0.05) is 23.7 Å². The summed E-state index contributed by atoms with van der Waals surface area (Å²) in [5.74, 6) is -2.17. The number of aromatic nitrogens is 3. The highest BCUT2D eigenvalue weighted by Crippen LogP contribution is 2.27. The number of anilines is 2. The summed E-state index contributed by atoms with van der Waals surface area (Å²) in [5, 5.41) is 19.5. The molecule has 8 nitrogen and oxygen atoms in total. The van der Waals surface area contributed by atoms with Crippen molar-refractivity contribution in [2.45, 2.75) is 25.1 Å². The van der Waals surface area contributed by atoms with Gasteiger partial charge in [-0.2, -0.15) is 18.3 Å². The minimum absolute atomic E-state index is 0.0767. The third-order valence-corrected chi connectivity index (χ3v) is 5.43. The van der Waals surface area contributed by atoms with Gasteiger partial charge in [0, 0.05) is 23.3 Å². The second-order valence-corrected chi connectivity index (χ2v) is 8.30. The van der Waals surface area contributed by atoms with Crippen LogP contribution in [0.4, 0.5) is 24.5 Å². The van der Waals surface area contributed by atoms with Crippen molar-refractivity contribution in [2.24, 2.45) is 0 Å². The Hall–Kier alpha value is -4.12. The summed E-state index contributed by atoms with van der Waals surface area (Å²) >= 11 is 6.23. The number of hydrogen-bond donors (Lipinski definition) is 3. The van der Waals surface area contributed by atoms with E-state index in [1.807, 2.05) is 48.5 Å². The molecule has 2 aromatic carbocycles. The van der Waals surface area contributed by atoms with E-state index in [4.69, 9.17) is 21.5 Å². The zero-order valence-corrected chi connectivity index (χ0v) is 19.2. The molecule has 0 spiro atoms. The van der Waals surface area contributed by atoms with Crippen molar-refractivity contribution in [2.75, 3.05) is 5.32 Å². The summed E-state index contributed by atoms with van der Waals surface area (Å²) < 4.78 is 33.5. The maximum absolute atomic E-state index is 12.1. The van der Waals surface area contributed by atoms with Gasteiger partial charge in [-0.15, -0.1) is 0 Å². The molecule has 2 aromatic heterocycles. The van der Waals surface area contributed by atoms with Crippen molar-refractivity contribution in [3.8, 4) is 5.82 Å². The van der Waals surface area contributed by atoms with Crippen LogP contribution in [0, 0.1) is 0 Å². The van der Waals surface area contributed by atoms with Crippen molar-refractivity contribution >= 4 is 45.8 Å². The minimum Gasteiger partial charge on any atom is -0.475 e. The first-order valence-corrected chi connectivity index (χ1v) is 11.1. The molecule has 186 valence electrons. The quantitative estimate of drug-likeness (QED) is 0.329. The van der Waals surface area contributed by atoms with Gasteiger partial charge < -0.3 is 15.7 Å². The lowest BCUT2D eigenvalue weighted by molar-refractivity contribution is -0.192. The lowest BCUT2D eigenvalue weighted by Crippen LogP contribution is -2.25. The highest BCUT2D eigenvalue weighted by atomic mass is 35.5. The van der Waals surface area contributed by atoms with Crippen molar-refractivity contribution in [1.82, 2.24) is 20.1 Å². The molecule has 5 rings (SSSR count). The standard InChI is InChI=1S/C22H18ClN5O.C2HF3O2/c23-18-3-1-2-4-19(18)26-17-8-9-20-15(11-17)13-25-28(20)21-10-5-14(12-24-21)22(29)27-16-6-7-16;3-2(4,5)1(6)7/h1-5,8-13,16,26H,6-7H2,(H,27,29);(H,6,7). The molecule has 1 saturated carbocycles. The Morgan fingerprint density at radius 3 is 2.39 bits per heavy atom. The average Bonchev–Trinajstić information content (AvgIpc) is 3.56. The first-order valence-electron chi connectivity index (χ1n) is 10.7. The van der Waals surface area contributed by atoms with Crippen LogP contribution in [0.25, 0.3) is 16.7 Å². The van der Waals surface area contributed by atoms with Crippen molar-refractivity contribution in [3.63, 3.8) is 0 Å². The number of para-hydroxylation sites is 1. The zero-order chi connectivity index (χ0) is 25.9. The van der Waals surface area contributed by atoms with E-state index in [-0.39, 0.29) is 5.91 Å². The smallest absolute Gasteiger partial charge is 0.475 e. The second-order valence-electron chi connectivity index (χ2n) is 7.89. The van der Waals surface area contributed by atoms with Crippen LogP contribution in [-0.2, 0) is 4.79 Å². The molecule has 1 amide bonds. The van der Waals surface area contributed by atoms with Gasteiger partial charge in [0.2, 0.25) is 0 Å². The van der Waals surface area contributed by atoms with Gasteiger partial charge in [0.25, 0.3) is 5.91 Å². The number of pyridine rings is 1. The highest BCUT2D eigenvalue weighted by molar-refractivity contribution is 6.33. The van der Waals surface area contributed by atoms with Crippen LogP contribution in [0.5, 0.6) is 0 Å². The number of carbonyl (C=O) groups excluding carboxylic acids is 1. The number of rotatable bonds is 5. The SMILES string of the molecule is O=C(NC1CC1)c1ccc(-n2ncc3cc(Nc4ccccc4Cl)ccc32)nc1.O=C(O)C(F)(F)F. The van der Waals surface area contributed by atoms with E-state index in [2.05, 4.69) is 20.7 Å². The third kappa shape index (κ3) is 6.11. The Labute approximate surface area is 207 Å². The van der Waals surface area contributed by atoms with Gasteiger partial charge in [-0.3, -0.25) is 4.79 Å². The number of amides is 1. The van der Waals surface area contributed by atoms with Gasteiger partial charge >= 0.3 is 12.1 Å². The maximum atomic E-state index is 12.1. The number of aliphatic carboxylic acids is 1. The van der Waals surface area contributed by atoms with E-state index in [1.54, 1.807) is 23.1 Å². The van der Waals surface area contributed by atoms with E-state index in [9.17, 15) is 18.0 Å². The summed E-state index contributed by atoms with van der Waals surface area (Å²) in [6.07, 6.45) is 0.421. The number of carboxylic acids is 1. The first-order chi connectivity index (χ1) is 17.1. The fourth-order valence-electron chi connectivity index (χ4n) is 3.15. The van der Waals surface area contributed by atoms with Crippen LogP contribution in [-0.4, -0.2) is 44.0 Å². The fraction of sp³-hybridized carbons (Fsp3) is 0.167. The molecule has 2 heterocycles. The number of benzene rings is 2. The van der Waals surface area contributed by atoms with Crippen LogP contribution in [0.1, 0.15) is 23.2 Å². The fourth-order valence-corrected chi connectivity index (χ4v) is 3.34. The Kier molecular flexibility index (Phi) is 7.11. The monoisotopic (exact) mass is 517 g/mol. The van der Waals surface area contributed by atoms with Gasteiger partial charge in [-0.25, -0.2) is 14.5 Å². The van der Waals surface area contributed by atoms with Crippen molar-refractivity contribution < 1.29 is 27.9 Å². The van der Waals surface area contributed by atoms with Gasteiger partial charge in [-0.05, 0) is 55.3 Å². The van der Waals surface area contributed by atoms with Crippen LogP contribution < -0.4 is 10.6 Å². The van der Waals surface area contributed by atoms with E-state index >= 15 is 0 Å². The molecule has 4 aromatic rings. The summed E-state index contributed by atoms with van der Waals surface area (Å²) in [5.41, 5.74) is 3.26. The number of nitrogens with zero attached hydrogens (tertiary/aromatic N) is 3. The molecule has 12 heteroatoms. The largest absolute Gasteiger partial charge is 0.490 e. The van der Waals surface area contributed by atoms with E-state index in [1.165, 1.54) is 0 Å². The Morgan fingerprint density at radius 1 is 1.06 bits per heavy atom. The molecule has 0 radical (unpaired) electrons. The van der Waals surface area contributed by atoms with Gasteiger partial charge in [0.1, 0.15) is 0 Å². The number of nitrogens with one attached hydrogen (secondary N) is 2. The van der Waals surface area contributed by atoms with E-state index in [0.29, 0.717) is 22.4 Å². The van der Waals surface area contributed by atoms with Crippen LogP contribution in [0.2, 0.25) is 5.02 Å².